The van der Waals surface area contributed by atoms with Gasteiger partial charge in [-0.1, -0.05) is 0 Å². The number of ether oxygens (including phenoxy) is 1. The number of carboxylic acids is 1. The molecule has 8 heteroatoms. The Kier molecular flexibility index (Phi) is 4.44. The summed E-state index contributed by atoms with van der Waals surface area (Å²) in [5.41, 5.74) is 0. The zero-order chi connectivity index (χ0) is 14.0. The number of rotatable bonds is 3. The minimum atomic E-state index is -3.56. The molecule has 2 aliphatic rings. The summed E-state index contributed by atoms with van der Waals surface area (Å²) in [5.74, 6) is -1.52. The summed E-state index contributed by atoms with van der Waals surface area (Å²) in [6, 6.07) is 0. The quantitative estimate of drug-likeness (QED) is 0.775. The van der Waals surface area contributed by atoms with Gasteiger partial charge in [0.05, 0.1) is 18.6 Å². The molecular formula is C11H20N2O5S. The van der Waals surface area contributed by atoms with Crippen molar-refractivity contribution in [3.8, 4) is 0 Å². The van der Waals surface area contributed by atoms with Crippen molar-refractivity contribution >= 4 is 16.2 Å². The predicted octanol–water partition coefficient (Wildman–Crippen LogP) is -0.251. The van der Waals surface area contributed by atoms with Crippen LogP contribution in [-0.2, 0) is 19.7 Å². The number of morpholine rings is 1. The zero-order valence-electron chi connectivity index (χ0n) is 11.0. The fourth-order valence-electron chi connectivity index (χ4n) is 2.51. The van der Waals surface area contributed by atoms with Crippen molar-refractivity contribution in [2.45, 2.75) is 25.9 Å². The molecule has 0 bridgehead atoms. The maximum Gasteiger partial charge on any atom is 0.307 e. The van der Waals surface area contributed by atoms with Gasteiger partial charge < -0.3 is 9.84 Å². The highest BCUT2D eigenvalue weighted by Crippen LogP contribution is 2.22. The first kappa shape index (κ1) is 14.7. The Hall–Kier alpha value is -0.700. The standard InChI is InChI=1S/C11H20N2O5S/c1-9-7-13(5-6-18-9)19(16,17)12-4-2-3-10(8-12)11(14)15/h9-10H,2-8H2,1H3,(H,14,15). The first-order valence-electron chi connectivity index (χ1n) is 6.51. The molecule has 0 aliphatic carbocycles. The zero-order valence-corrected chi connectivity index (χ0v) is 11.8. The molecule has 0 amide bonds. The first-order chi connectivity index (χ1) is 8.91. The average molecular weight is 292 g/mol. The van der Waals surface area contributed by atoms with Crippen LogP contribution in [0.3, 0.4) is 0 Å². The molecule has 0 aromatic carbocycles. The van der Waals surface area contributed by atoms with Crippen LogP contribution in [0.5, 0.6) is 0 Å². The minimum absolute atomic E-state index is 0.0728. The molecule has 2 fully saturated rings. The highest BCUT2D eigenvalue weighted by Gasteiger charge is 2.37. The van der Waals surface area contributed by atoms with Gasteiger partial charge in [-0.25, -0.2) is 0 Å². The van der Waals surface area contributed by atoms with E-state index in [9.17, 15) is 13.2 Å². The molecule has 2 heterocycles. The molecule has 0 spiro atoms. The van der Waals surface area contributed by atoms with Gasteiger partial charge in [0.25, 0.3) is 10.2 Å². The van der Waals surface area contributed by atoms with Gasteiger partial charge in [-0.05, 0) is 19.8 Å². The highest BCUT2D eigenvalue weighted by atomic mass is 32.2. The lowest BCUT2D eigenvalue weighted by molar-refractivity contribution is -0.142. The van der Waals surface area contributed by atoms with Gasteiger partial charge in [0, 0.05) is 26.2 Å². The molecule has 2 unspecified atom stereocenters. The van der Waals surface area contributed by atoms with E-state index in [-0.39, 0.29) is 12.6 Å². The van der Waals surface area contributed by atoms with Crippen LogP contribution in [0.2, 0.25) is 0 Å². The molecule has 2 atom stereocenters. The number of carbonyl (C=O) groups is 1. The summed E-state index contributed by atoms with van der Waals surface area (Å²) in [6.45, 7) is 3.35. The number of carboxylic acid groups (broad SMARTS) is 1. The third-order valence-electron chi connectivity index (χ3n) is 3.59. The second-order valence-electron chi connectivity index (χ2n) is 5.08. The van der Waals surface area contributed by atoms with E-state index in [4.69, 9.17) is 9.84 Å². The van der Waals surface area contributed by atoms with Crippen molar-refractivity contribution in [1.82, 2.24) is 8.61 Å². The molecule has 19 heavy (non-hydrogen) atoms. The molecule has 2 aliphatic heterocycles. The third-order valence-corrected chi connectivity index (χ3v) is 5.56. The average Bonchev–Trinajstić information content (AvgIpc) is 2.39. The minimum Gasteiger partial charge on any atom is -0.481 e. The van der Waals surface area contributed by atoms with E-state index in [0.29, 0.717) is 39.1 Å². The number of hydrogen-bond donors (Lipinski definition) is 1. The lowest BCUT2D eigenvalue weighted by Gasteiger charge is -2.37. The molecule has 0 saturated carbocycles. The summed E-state index contributed by atoms with van der Waals surface area (Å²) in [5, 5.41) is 9.02. The maximum atomic E-state index is 12.5. The van der Waals surface area contributed by atoms with Crippen molar-refractivity contribution < 1.29 is 23.1 Å². The van der Waals surface area contributed by atoms with Crippen LogP contribution in [0.4, 0.5) is 0 Å². The Bertz CT molecular complexity index is 438. The van der Waals surface area contributed by atoms with Crippen LogP contribution >= 0.6 is 0 Å². The fraction of sp³-hybridized carbons (Fsp3) is 0.909. The topological polar surface area (TPSA) is 87.2 Å². The Balaban J connectivity index is 2.08. The normalized spacial score (nSPS) is 31.2. The Morgan fingerprint density at radius 2 is 1.95 bits per heavy atom. The van der Waals surface area contributed by atoms with Crippen LogP contribution < -0.4 is 0 Å². The van der Waals surface area contributed by atoms with Gasteiger partial charge in [-0.2, -0.15) is 17.0 Å². The fourth-order valence-corrected chi connectivity index (χ4v) is 4.27. The summed E-state index contributed by atoms with van der Waals surface area (Å²) in [6.07, 6.45) is 1.01. The van der Waals surface area contributed by atoms with E-state index in [1.54, 1.807) is 0 Å². The van der Waals surface area contributed by atoms with Crippen LogP contribution in [0.15, 0.2) is 0 Å². The molecule has 0 aromatic heterocycles. The number of hydrogen-bond acceptors (Lipinski definition) is 4. The number of piperidine rings is 1. The van der Waals surface area contributed by atoms with E-state index in [1.165, 1.54) is 8.61 Å². The first-order valence-corrected chi connectivity index (χ1v) is 7.90. The lowest BCUT2D eigenvalue weighted by Crippen LogP contribution is -2.53. The van der Waals surface area contributed by atoms with Crippen LogP contribution in [-0.4, -0.2) is 67.0 Å². The molecule has 110 valence electrons. The Morgan fingerprint density at radius 1 is 1.26 bits per heavy atom. The van der Waals surface area contributed by atoms with Crippen molar-refractivity contribution in [2.24, 2.45) is 5.92 Å². The second-order valence-corrected chi connectivity index (χ2v) is 7.01. The van der Waals surface area contributed by atoms with E-state index < -0.39 is 22.1 Å². The van der Waals surface area contributed by atoms with Gasteiger partial charge in [0.15, 0.2) is 0 Å². The van der Waals surface area contributed by atoms with Crippen molar-refractivity contribution in [3.63, 3.8) is 0 Å². The largest absolute Gasteiger partial charge is 0.481 e. The number of aliphatic carboxylic acids is 1. The SMILES string of the molecule is CC1CN(S(=O)(=O)N2CCCC(C(=O)O)C2)CCO1. The van der Waals surface area contributed by atoms with E-state index in [2.05, 4.69) is 0 Å². The van der Waals surface area contributed by atoms with Gasteiger partial charge in [0.2, 0.25) is 0 Å². The van der Waals surface area contributed by atoms with Gasteiger partial charge in [-0.15, -0.1) is 0 Å². The Morgan fingerprint density at radius 3 is 2.58 bits per heavy atom. The molecule has 0 aromatic rings. The smallest absolute Gasteiger partial charge is 0.307 e. The summed E-state index contributed by atoms with van der Waals surface area (Å²) in [4.78, 5) is 11.0. The number of nitrogens with zero attached hydrogens (tertiary/aromatic N) is 2. The van der Waals surface area contributed by atoms with Crippen molar-refractivity contribution in [2.75, 3.05) is 32.8 Å². The van der Waals surface area contributed by atoms with E-state index >= 15 is 0 Å². The van der Waals surface area contributed by atoms with Gasteiger partial charge >= 0.3 is 5.97 Å². The monoisotopic (exact) mass is 292 g/mol. The van der Waals surface area contributed by atoms with Gasteiger partial charge in [0.1, 0.15) is 0 Å². The molecule has 2 rings (SSSR count). The maximum absolute atomic E-state index is 12.5. The van der Waals surface area contributed by atoms with E-state index in [1.807, 2.05) is 6.92 Å². The molecule has 0 radical (unpaired) electrons. The van der Waals surface area contributed by atoms with Crippen LogP contribution in [0.25, 0.3) is 0 Å². The summed E-state index contributed by atoms with van der Waals surface area (Å²) >= 11 is 0. The third kappa shape index (κ3) is 3.25. The molecule has 7 nitrogen and oxygen atoms in total. The van der Waals surface area contributed by atoms with Crippen molar-refractivity contribution in [1.29, 1.82) is 0 Å². The Labute approximate surface area is 113 Å². The second kappa shape index (κ2) is 5.74. The summed E-state index contributed by atoms with van der Waals surface area (Å²) < 4.78 is 32.9. The summed E-state index contributed by atoms with van der Waals surface area (Å²) in [7, 11) is -3.56. The van der Waals surface area contributed by atoms with E-state index in [0.717, 1.165) is 0 Å². The van der Waals surface area contributed by atoms with Gasteiger partial charge in [-0.3, -0.25) is 4.79 Å². The predicted molar refractivity (Wildman–Crippen MR) is 67.8 cm³/mol. The molecular weight excluding hydrogens is 272 g/mol. The highest BCUT2D eigenvalue weighted by molar-refractivity contribution is 7.86. The van der Waals surface area contributed by atoms with Crippen LogP contribution in [0, 0.1) is 5.92 Å². The lowest BCUT2D eigenvalue weighted by atomic mass is 10.0. The van der Waals surface area contributed by atoms with Crippen molar-refractivity contribution in [3.05, 3.63) is 0 Å². The molecule has 2 saturated heterocycles. The molecule has 1 N–H and O–H groups in total. The van der Waals surface area contributed by atoms with Crippen LogP contribution in [0.1, 0.15) is 19.8 Å².